The minimum atomic E-state index is -3.60. The molecule has 0 radical (unpaired) electrons. The highest BCUT2D eigenvalue weighted by molar-refractivity contribution is 7.89. The van der Waals surface area contributed by atoms with E-state index in [9.17, 15) is 18.0 Å². The fourth-order valence-corrected chi connectivity index (χ4v) is 6.77. The molecule has 2 aromatic carbocycles. The first kappa shape index (κ1) is 24.3. The van der Waals surface area contributed by atoms with E-state index in [1.54, 1.807) is 4.57 Å². The molecule has 0 bridgehead atoms. The van der Waals surface area contributed by atoms with E-state index in [1.165, 1.54) is 47.0 Å². The lowest BCUT2D eigenvalue weighted by atomic mass is 10.0. The molecular weight excluding hydrogens is 474 g/mol. The molecule has 3 aromatic rings. The van der Waals surface area contributed by atoms with Crippen LogP contribution in [0.25, 0.3) is 10.2 Å². The highest BCUT2D eigenvalue weighted by atomic mass is 32.2. The Hall–Kier alpha value is -2.82. The Morgan fingerprint density at radius 2 is 1.91 bits per heavy atom. The molecule has 1 aliphatic heterocycles. The predicted octanol–water partition coefficient (Wildman–Crippen LogP) is 3.35. The zero-order valence-corrected chi connectivity index (χ0v) is 21.0. The number of hydrogen-bond acceptors (Lipinski definition) is 6. The number of esters is 1. The van der Waals surface area contributed by atoms with Crippen molar-refractivity contribution in [2.45, 2.75) is 38.1 Å². The first-order chi connectivity index (χ1) is 16.2. The SMILES string of the molecule is COC(=O)Cn1c(=NC(=O)c2ccc(S(=O)(=O)N3CCCC(C)C3)cc2)sc2cc(C)ccc21. The van der Waals surface area contributed by atoms with Crippen LogP contribution >= 0.6 is 11.3 Å². The molecule has 0 aliphatic carbocycles. The van der Waals surface area contributed by atoms with Gasteiger partial charge in [-0.2, -0.15) is 9.30 Å². The summed E-state index contributed by atoms with van der Waals surface area (Å²) in [7, 11) is -2.29. The van der Waals surface area contributed by atoms with Gasteiger partial charge in [-0.1, -0.05) is 24.3 Å². The molecule has 0 N–H and O–H groups in total. The molecular formula is C24H27N3O5S2. The summed E-state index contributed by atoms with van der Waals surface area (Å²) < 4.78 is 34.8. The van der Waals surface area contributed by atoms with E-state index in [1.807, 2.05) is 32.0 Å². The average molecular weight is 502 g/mol. The molecule has 4 rings (SSSR count). The Morgan fingerprint density at radius 1 is 1.18 bits per heavy atom. The number of fused-ring (bicyclic) bond motifs is 1. The van der Waals surface area contributed by atoms with E-state index in [0.29, 0.717) is 23.8 Å². The smallest absolute Gasteiger partial charge is 0.325 e. The molecule has 2 heterocycles. The summed E-state index contributed by atoms with van der Waals surface area (Å²) in [5.41, 5.74) is 2.10. The third-order valence-electron chi connectivity index (χ3n) is 5.91. The van der Waals surface area contributed by atoms with Crippen LogP contribution < -0.4 is 4.80 Å². The van der Waals surface area contributed by atoms with E-state index in [0.717, 1.165) is 28.6 Å². The van der Waals surface area contributed by atoms with Crippen molar-refractivity contribution in [3.8, 4) is 0 Å². The van der Waals surface area contributed by atoms with Crippen molar-refractivity contribution < 1.29 is 22.7 Å². The van der Waals surface area contributed by atoms with Crippen LogP contribution in [0.5, 0.6) is 0 Å². The number of ether oxygens (including phenoxy) is 1. The van der Waals surface area contributed by atoms with Gasteiger partial charge in [0.05, 0.1) is 22.2 Å². The Labute approximate surface area is 202 Å². The largest absolute Gasteiger partial charge is 0.468 e. The molecule has 1 amide bonds. The van der Waals surface area contributed by atoms with Gasteiger partial charge in [0.1, 0.15) is 6.54 Å². The van der Waals surface area contributed by atoms with Gasteiger partial charge >= 0.3 is 5.97 Å². The molecule has 1 aromatic heterocycles. The minimum Gasteiger partial charge on any atom is -0.468 e. The number of aryl methyl sites for hydroxylation is 1. The molecule has 1 fully saturated rings. The van der Waals surface area contributed by atoms with Crippen LogP contribution in [0.4, 0.5) is 0 Å². The first-order valence-corrected chi connectivity index (χ1v) is 13.3. The van der Waals surface area contributed by atoms with Crippen molar-refractivity contribution in [1.29, 1.82) is 0 Å². The van der Waals surface area contributed by atoms with Crippen molar-refractivity contribution in [2.24, 2.45) is 10.9 Å². The molecule has 1 aliphatic rings. The van der Waals surface area contributed by atoms with Crippen molar-refractivity contribution in [2.75, 3.05) is 20.2 Å². The summed E-state index contributed by atoms with van der Waals surface area (Å²) in [5, 5.41) is 0. The van der Waals surface area contributed by atoms with Crippen LogP contribution in [0, 0.1) is 12.8 Å². The number of aromatic nitrogens is 1. The van der Waals surface area contributed by atoms with Crippen molar-refractivity contribution in [3.05, 3.63) is 58.4 Å². The zero-order chi connectivity index (χ0) is 24.5. The Morgan fingerprint density at radius 3 is 2.59 bits per heavy atom. The number of nitrogens with zero attached hydrogens (tertiary/aromatic N) is 3. The number of sulfonamides is 1. The normalized spacial score (nSPS) is 17.7. The number of benzene rings is 2. The quantitative estimate of drug-likeness (QED) is 0.500. The number of thiazole rings is 1. The molecule has 34 heavy (non-hydrogen) atoms. The molecule has 10 heteroatoms. The maximum Gasteiger partial charge on any atom is 0.325 e. The molecule has 0 saturated carbocycles. The third-order valence-corrected chi connectivity index (χ3v) is 8.83. The second-order valence-corrected chi connectivity index (χ2v) is 11.5. The van der Waals surface area contributed by atoms with Crippen LogP contribution in [-0.2, 0) is 26.1 Å². The second kappa shape index (κ2) is 9.81. The fraction of sp³-hybridized carbons (Fsp3) is 0.375. The molecule has 0 spiro atoms. The molecule has 1 atom stereocenters. The monoisotopic (exact) mass is 501 g/mol. The molecule has 180 valence electrons. The van der Waals surface area contributed by atoms with Gasteiger partial charge in [0, 0.05) is 18.7 Å². The van der Waals surface area contributed by atoms with Gasteiger partial charge in [-0.3, -0.25) is 9.59 Å². The second-order valence-electron chi connectivity index (χ2n) is 8.57. The van der Waals surface area contributed by atoms with Gasteiger partial charge in [0.25, 0.3) is 5.91 Å². The van der Waals surface area contributed by atoms with E-state index in [-0.39, 0.29) is 17.0 Å². The van der Waals surface area contributed by atoms with Crippen LogP contribution in [-0.4, -0.2) is 49.4 Å². The van der Waals surface area contributed by atoms with Gasteiger partial charge in [0.2, 0.25) is 10.0 Å². The lowest BCUT2D eigenvalue weighted by Gasteiger charge is -2.30. The summed E-state index contributed by atoms with van der Waals surface area (Å²) in [6.45, 7) is 4.95. The van der Waals surface area contributed by atoms with Crippen LogP contribution in [0.15, 0.2) is 52.4 Å². The van der Waals surface area contributed by atoms with E-state index < -0.39 is 21.9 Å². The molecule has 1 unspecified atom stereocenters. The van der Waals surface area contributed by atoms with Gasteiger partial charge in [-0.05, 0) is 67.6 Å². The van der Waals surface area contributed by atoms with E-state index in [2.05, 4.69) is 4.99 Å². The number of hydrogen-bond donors (Lipinski definition) is 0. The maximum absolute atomic E-state index is 13.0. The maximum atomic E-state index is 13.0. The van der Waals surface area contributed by atoms with Gasteiger partial charge in [-0.15, -0.1) is 0 Å². The van der Waals surface area contributed by atoms with Crippen LogP contribution in [0.1, 0.15) is 35.7 Å². The Balaban J connectivity index is 1.65. The average Bonchev–Trinajstić information content (AvgIpc) is 3.14. The minimum absolute atomic E-state index is 0.0723. The van der Waals surface area contributed by atoms with Crippen LogP contribution in [0.3, 0.4) is 0 Å². The van der Waals surface area contributed by atoms with E-state index in [4.69, 9.17) is 4.74 Å². The number of amides is 1. The summed E-state index contributed by atoms with van der Waals surface area (Å²) in [6.07, 6.45) is 1.87. The Bertz CT molecular complexity index is 1400. The van der Waals surface area contributed by atoms with Crippen molar-refractivity contribution in [3.63, 3.8) is 0 Å². The summed E-state index contributed by atoms with van der Waals surface area (Å²) in [6, 6.07) is 11.6. The van der Waals surface area contributed by atoms with Crippen molar-refractivity contribution in [1.82, 2.24) is 8.87 Å². The highest BCUT2D eigenvalue weighted by Crippen LogP contribution is 2.24. The van der Waals surface area contributed by atoms with Crippen molar-refractivity contribution >= 4 is 43.5 Å². The number of carbonyl (C=O) groups excluding carboxylic acids is 2. The predicted molar refractivity (Wildman–Crippen MR) is 130 cm³/mol. The van der Waals surface area contributed by atoms with Gasteiger partial charge in [-0.25, -0.2) is 8.42 Å². The fourth-order valence-electron chi connectivity index (χ4n) is 4.05. The van der Waals surface area contributed by atoms with E-state index >= 15 is 0 Å². The first-order valence-electron chi connectivity index (χ1n) is 11.0. The van der Waals surface area contributed by atoms with Crippen LogP contribution in [0.2, 0.25) is 0 Å². The lowest BCUT2D eigenvalue weighted by molar-refractivity contribution is -0.141. The zero-order valence-electron chi connectivity index (χ0n) is 19.4. The molecule has 8 nitrogen and oxygen atoms in total. The third kappa shape index (κ3) is 4.98. The van der Waals surface area contributed by atoms with Gasteiger partial charge < -0.3 is 9.30 Å². The highest BCUT2D eigenvalue weighted by Gasteiger charge is 2.28. The summed E-state index contributed by atoms with van der Waals surface area (Å²) >= 11 is 1.31. The standard InChI is InChI=1S/C24H27N3O5S2/c1-16-6-11-20-21(13-16)33-24(27(20)15-22(28)32-3)25-23(29)18-7-9-19(10-8-18)34(30,31)26-12-4-5-17(2)14-26/h6-11,13,17H,4-5,12,14-15H2,1-3H3. The van der Waals surface area contributed by atoms with Gasteiger partial charge in [0.15, 0.2) is 4.80 Å². The lowest BCUT2D eigenvalue weighted by Crippen LogP contribution is -2.39. The summed E-state index contributed by atoms with van der Waals surface area (Å²) in [5.74, 6) is -0.641. The number of methoxy groups -OCH3 is 1. The number of piperidine rings is 1. The summed E-state index contributed by atoms with van der Waals surface area (Å²) in [4.78, 5) is 29.7. The topological polar surface area (TPSA) is 98.0 Å². The number of rotatable bonds is 5. The molecule has 1 saturated heterocycles. The number of carbonyl (C=O) groups is 2. The Kier molecular flexibility index (Phi) is 7.01.